The van der Waals surface area contributed by atoms with Gasteiger partial charge in [-0.3, -0.25) is 4.79 Å². The molecule has 1 aliphatic heterocycles. The van der Waals surface area contributed by atoms with E-state index in [4.69, 9.17) is 16.3 Å². The summed E-state index contributed by atoms with van der Waals surface area (Å²) in [4.78, 5) is 18.8. The molecule has 1 aliphatic rings. The third-order valence-corrected chi connectivity index (χ3v) is 5.26. The number of hydrogen-bond acceptors (Lipinski definition) is 5. The second-order valence-electron chi connectivity index (χ2n) is 7.65. The van der Waals surface area contributed by atoms with E-state index in [1.807, 2.05) is 18.7 Å². The van der Waals surface area contributed by atoms with E-state index in [1.165, 1.54) is 6.07 Å². The van der Waals surface area contributed by atoms with Crippen molar-refractivity contribution in [3.8, 4) is 5.69 Å². The van der Waals surface area contributed by atoms with Crippen LogP contribution in [0.5, 0.6) is 0 Å². The first-order chi connectivity index (χ1) is 14.8. The second kappa shape index (κ2) is 8.64. The van der Waals surface area contributed by atoms with Crippen molar-refractivity contribution in [2.75, 3.05) is 23.3 Å². The number of anilines is 2. The highest BCUT2D eigenvalue weighted by atomic mass is 35.5. The Kier molecular flexibility index (Phi) is 5.93. The highest BCUT2D eigenvalue weighted by Crippen LogP contribution is 2.26. The summed E-state index contributed by atoms with van der Waals surface area (Å²) in [5, 5.41) is 7.54. The molecule has 31 heavy (non-hydrogen) atoms. The molecule has 162 valence electrons. The van der Waals surface area contributed by atoms with E-state index in [0.29, 0.717) is 35.3 Å². The number of carbonyl (C=O) groups is 1. The van der Waals surface area contributed by atoms with Gasteiger partial charge in [0.25, 0.3) is 5.91 Å². The van der Waals surface area contributed by atoms with E-state index in [2.05, 4.69) is 15.4 Å². The fourth-order valence-corrected chi connectivity index (χ4v) is 3.84. The Bertz CT molecular complexity index is 1090. The van der Waals surface area contributed by atoms with Gasteiger partial charge in [-0.2, -0.15) is 0 Å². The zero-order valence-corrected chi connectivity index (χ0v) is 18.2. The molecule has 2 heterocycles. The summed E-state index contributed by atoms with van der Waals surface area (Å²) in [6, 6.07) is 11.7. The summed E-state index contributed by atoms with van der Waals surface area (Å²) in [5.74, 6) is -0.385. The van der Waals surface area contributed by atoms with E-state index in [9.17, 15) is 9.18 Å². The Morgan fingerprint density at radius 3 is 2.48 bits per heavy atom. The molecule has 7 nitrogen and oxygen atoms in total. The molecule has 1 fully saturated rings. The number of aryl methyl sites for hydroxylation is 1. The minimum Gasteiger partial charge on any atom is -0.372 e. The van der Waals surface area contributed by atoms with Crippen LogP contribution in [-0.2, 0) is 4.74 Å². The number of hydrogen-bond donors (Lipinski definition) is 1. The lowest BCUT2D eigenvalue weighted by atomic mass is 10.2. The Labute approximate surface area is 184 Å². The average molecular weight is 444 g/mol. The highest BCUT2D eigenvalue weighted by Gasteiger charge is 2.24. The van der Waals surface area contributed by atoms with Crippen LogP contribution in [0.4, 0.5) is 15.8 Å². The molecular weight excluding hydrogens is 421 g/mol. The molecule has 1 saturated heterocycles. The van der Waals surface area contributed by atoms with Gasteiger partial charge in [0.1, 0.15) is 11.6 Å². The van der Waals surface area contributed by atoms with Crippen molar-refractivity contribution in [1.29, 1.82) is 0 Å². The molecule has 1 aromatic heterocycles. The van der Waals surface area contributed by atoms with Gasteiger partial charge in [-0.15, -0.1) is 5.10 Å². The Morgan fingerprint density at radius 2 is 1.84 bits per heavy atom. The molecule has 9 heteroatoms. The first-order valence-electron chi connectivity index (χ1n) is 10.0. The number of carbonyl (C=O) groups excluding carboxylic acids is 1. The molecule has 0 aliphatic carbocycles. The summed E-state index contributed by atoms with van der Waals surface area (Å²) >= 11 is 5.92. The number of benzene rings is 2. The SMILES string of the molecule is Cc1nc(C(=O)Nc2ccc(N3CC(C)OC(C)C3)c(F)c2)nn1-c1ccc(Cl)cc1. The number of aromatic nitrogens is 3. The summed E-state index contributed by atoms with van der Waals surface area (Å²) < 4.78 is 22.0. The zero-order valence-electron chi connectivity index (χ0n) is 17.5. The maximum Gasteiger partial charge on any atom is 0.295 e. The molecule has 0 bridgehead atoms. The zero-order chi connectivity index (χ0) is 22.1. The lowest BCUT2D eigenvalue weighted by molar-refractivity contribution is -0.00539. The number of amides is 1. The first-order valence-corrected chi connectivity index (χ1v) is 10.4. The molecule has 0 radical (unpaired) electrons. The highest BCUT2D eigenvalue weighted by molar-refractivity contribution is 6.30. The van der Waals surface area contributed by atoms with Gasteiger partial charge in [-0.1, -0.05) is 11.6 Å². The van der Waals surface area contributed by atoms with E-state index < -0.39 is 11.7 Å². The Hall–Kier alpha value is -2.97. The largest absolute Gasteiger partial charge is 0.372 e. The first kappa shape index (κ1) is 21.3. The van der Waals surface area contributed by atoms with Gasteiger partial charge < -0.3 is 15.0 Å². The van der Waals surface area contributed by atoms with Crippen LogP contribution in [0.2, 0.25) is 5.02 Å². The van der Waals surface area contributed by atoms with Crippen LogP contribution in [-0.4, -0.2) is 46.0 Å². The standard InChI is InChI=1S/C22H23ClFN5O2/c1-13-11-28(12-14(2)31-13)20-9-6-17(10-19(20)24)26-22(30)21-25-15(3)29(27-21)18-7-4-16(23)5-8-18/h4-10,13-14H,11-12H2,1-3H3,(H,26,30). The second-order valence-corrected chi connectivity index (χ2v) is 8.09. The molecule has 3 aromatic rings. The van der Waals surface area contributed by atoms with Gasteiger partial charge >= 0.3 is 0 Å². The molecule has 0 spiro atoms. The number of morpholine rings is 1. The summed E-state index contributed by atoms with van der Waals surface area (Å²) in [6.07, 6.45) is 0.0418. The summed E-state index contributed by atoms with van der Waals surface area (Å²) in [7, 11) is 0. The van der Waals surface area contributed by atoms with Gasteiger partial charge in [0.2, 0.25) is 5.82 Å². The van der Waals surface area contributed by atoms with Crippen molar-refractivity contribution in [3.05, 3.63) is 65.0 Å². The number of halogens is 2. The lowest BCUT2D eigenvalue weighted by Gasteiger charge is -2.37. The molecule has 1 amide bonds. The van der Waals surface area contributed by atoms with Gasteiger partial charge in [-0.05, 0) is 63.2 Å². The van der Waals surface area contributed by atoms with E-state index in [1.54, 1.807) is 48.0 Å². The molecule has 2 atom stereocenters. The van der Waals surface area contributed by atoms with Gasteiger partial charge in [-0.25, -0.2) is 14.1 Å². The smallest absolute Gasteiger partial charge is 0.295 e. The van der Waals surface area contributed by atoms with Crippen molar-refractivity contribution in [2.24, 2.45) is 0 Å². The molecule has 1 N–H and O–H groups in total. The van der Waals surface area contributed by atoms with Crippen LogP contribution in [0.1, 0.15) is 30.3 Å². The van der Waals surface area contributed by atoms with E-state index in [-0.39, 0.29) is 18.0 Å². The van der Waals surface area contributed by atoms with Crippen LogP contribution >= 0.6 is 11.6 Å². The number of nitrogens with one attached hydrogen (secondary N) is 1. The van der Waals surface area contributed by atoms with Crippen LogP contribution in [0.15, 0.2) is 42.5 Å². The number of ether oxygens (including phenoxy) is 1. The van der Waals surface area contributed by atoms with Crippen LogP contribution in [0, 0.1) is 12.7 Å². The average Bonchev–Trinajstić information content (AvgIpc) is 3.10. The number of nitrogens with zero attached hydrogens (tertiary/aromatic N) is 4. The van der Waals surface area contributed by atoms with Crippen molar-refractivity contribution in [3.63, 3.8) is 0 Å². The Morgan fingerprint density at radius 1 is 1.16 bits per heavy atom. The monoisotopic (exact) mass is 443 g/mol. The minimum atomic E-state index is -0.517. The van der Waals surface area contributed by atoms with Gasteiger partial charge in [0.15, 0.2) is 0 Å². The van der Waals surface area contributed by atoms with Crippen LogP contribution in [0.3, 0.4) is 0 Å². The molecular formula is C22H23ClFN5O2. The fourth-order valence-electron chi connectivity index (χ4n) is 3.72. The van der Waals surface area contributed by atoms with Crippen LogP contribution in [0.25, 0.3) is 5.69 Å². The molecule has 0 saturated carbocycles. The van der Waals surface area contributed by atoms with Crippen LogP contribution < -0.4 is 10.2 Å². The summed E-state index contributed by atoms with van der Waals surface area (Å²) in [5.41, 5.74) is 1.56. The van der Waals surface area contributed by atoms with Gasteiger partial charge in [0, 0.05) is 23.8 Å². The third kappa shape index (κ3) is 4.70. The number of rotatable bonds is 4. The predicted octanol–water partition coefficient (Wildman–Crippen LogP) is 4.23. The normalized spacial score (nSPS) is 18.8. The van der Waals surface area contributed by atoms with Gasteiger partial charge in [0.05, 0.1) is 23.6 Å². The van der Waals surface area contributed by atoms with E-state index in [0.717, 1.165) is 5.69 Å². The molecule has 4 rings (SSSR count). The van der Waals surface area contributed by atoms with Crippen molar-refractivity contribution in [1.82, 2.24) is 14.8 Å². The quantitative estimate of drug-likeness (QED) is 0.653. The Balaban J connectivity index is 1.49. The third-order valence-electron chi connectivity index (χ3n) is 5.01. The topological polar surface area (TPSA) is 72.3 Å². The minimum absolute atomic E-state index is 0.00670. The van der Waals surface area contributed by atoms with E-state index >= 15 is 0 Å². The van der Waals surface area contributed by atoms with Crippen molar-refractivity contribution >= 4 is 28.9 Å². The lowest BCUT2D eigenvalue weighted by Crippen LogP contribution is -2.45. The predicted molar refractivity (Wildman–Crippen MR) is 118 cm³/mol. The molecule has 2 unspecified atom stereocenters. The maximum atomic E-state index is 14.8. The fraction of sp³-hybridized carbons (Fsp3) is 0.318. The maximum absolute atomic E-state index is 14.8. The summed E-state index contributed by atoms with van der Waals surface area (Å²) in [6.45, 7) is 6.90. The van der Waals surface area contributed by atoms with Crippen molar-refractivity contribution < 1.29 is 13.9 Å². The molecule has 2 aromatic carbocycles. The van der Waals surface area contributed by atoms with Crippen molar-refractivity contribution in [2.45, 2.75) is 33.0 Å².